The quantitative estimate of drug-likeness (QED) is 0.465. The number of carbonyl (C=O) groups is 3. The fourth-order valence-corrected chi connectivity index (χ4v) is 5.46. The van der Waals surface area contributed by atoms with Crippen LogP contribution in [-0.4, -0.2) is 55.5 Å². The summed E-state index contributed by atoms with van der Waals surface area (Å²) in [5.74, 6) is -1.87. The zero-order chi connectivity index (χ0) is 30.2. The molecule has 0 saturated carbocycles. The summed E-state index contributed by atoms with van der Waals surface area (Å²) < 4.78 is 60.8. The first kappa shape index (κ1) is 30.0. The number of nitrogens with zero attached hydrogens (tertiary/aromatic N) is 1. The van der Waals surface area contributed by atoms with Crippen LogP contribution in [0.5, 0.6) is 17.2 Å². The van der Waals surface area contributed by atoms with Crippen LogP contribution in [-0.2, 0) is 27.3 Å². The van der Waals surface area contributed by atoms with E-state index < -0.39 is 40.3 Å². The molecule has 1 heterocycles. The Morgan fingerprint density at radius 3 is 2.02 bits per heavy atom. The van der Waals surface area contributed by atoms with E-state index in [0.29, 0.717) is 28.4 Å². The van der Waals surface area contributed by atoms with Crippen LogP contribution in [0.4, 0.5) is 13.2 Å². The van der Waals surface area contributed by atoms with Crippen molar-refractivity contribution in [3.05, 3.63) is 64.9 Å². The van der Waals surface area contributed by atoms with Crippen molar-refractivity contribution in [3.8, 4) is 17.2 Å². The van der Waals surface area contributed by atoms with Gasteiger partial charge in [-0.05, 0) is 53.6 Å². The lowest BCUT2D eigenvalue weighted by Gasteiger charge is -2.35. The second-order valence-electron chi connectivity index (χ2n) is 11.0. The van der Waals surface area contributed by atoms with E-state index in [-0.39, 0.29) is 37.9 Å². The van der Waals surface area contributed by atoms with Gasteiger partial charge >= 0.3 is 6.18 Å². The normalized spacial score (nSPS) is 20.1. The van der Waals surface area contributed by atoms with Crippen molar-refractivity contribution in [2.45, 2.75) is 57.8 Å². The number of hydrogen-bond acceptors (Lipinski definition) is 6. The summed E-state index contributed by atoms with van der Waals surface area (Å²) in [5.41, 5.74) is -3.80. The average molecular weight is 575 g/mol. The van der Waals surface area contributed by atoms with Crippen LogP contribution >= 0.6 is 0 Å². The molecule has 1 N–H and O–H groups in total. The minimum atomic E-state index is -5.28. The zero-order valence-corrected chi connectivity index (χ0v) is 23.6. The number of nitrogens with one attached hydrogen (secondary N) is 1. The fourth-order valence-electron chi connectivity index (χ4n) is 5.46. The van der Waals surface area contributed by atoms with E-state index in [4.69, 9.17) is 14.2 Å². The lowest BCUT2D eigenvalue weighted by Crippen LogP contribution is -2.66. The largest absolute Gasteiger partial charge is 0.497 e. The van der Waals surface area contributed by atoms with Crippen molar-refractivity contribution in [1.29, 1.82) is 0 Å². The van der Waals surface area contributed by atoms with Crippen molar-refractivity contribution in [3.63, 3.8) is 0 Å². The van der Waals surface area contributed by atoms with Gasteiger partial charge in [0.05, 0.1) is 33.4 Å². The Hall–Kier alpha value is -4.02. The van der Waals surface area contributed by atoms with Gasteiger partial charge in [-0.2, -0.15) is 13.2 Å². The predicted molar refractivity (Wildman–Crippen MR) is 143 cm³/mol. The van der Waals surface area contributed by atoms with Crippen LogP contribution in [0, 0.1) is 5.41 Å². The summed E-state index contributed by atoms with van der Waals surface area (Å²) in [5, 5.41) is 1.98. The van der Waals surface area contributed by atoms with Crippen LogP contribution in [0.2, 0.25) is 0 Å². The highest BCUT2D eigenvalue weighted by molar-refractivity contribution is 6.13. The number of aryl methyl sites for hydroxylation is 1. The summed E-state index contributed by atoms with van der Waals surface area (Å²) in [6.07, 6.45) is -5.64. The number of ketones is 1. The number of methoxy groups -OCH3 is 3. The molecular weight excluding hydrogens is 541 g/mol. The number of allylic oxidation sites excluding steroid dienone is 1. The number of benzene rings is 2. The standard InChI is InChI=1S/C30H33F3N2O6/c1-28(2)15-23-26(24(36)16-28)29(30(31,32)33,34-25(37)11-8-18-6-9-20(39-3)10-7-18)27(38)35(23)17-19-12-21(40-4)14-22(13-19)41-5/h6-7,9-10,12-14H,8,11,15-17H2,1-5H3,(H,34,37)/t29-/m1/s1. The average Bonchev–Trinajstić information content (AvgIpc) is 3.14. The van der Waals surface area contributed by atoms with E-state index >= 15 is 13.2 Å². The third kappa shape index (κ3) is 5.75. The molecule has 220 valence electrons. The molecule has 0 fully saturated rings. The van der Waals surface area contributed by atoms with Crippen LogP contribution < -0.4 is 19.5 Å². The second-order valence-corrected chi connectivity index (χ2v) is 11.0. The molecular formula is C30H33F3N2O6. The van der Waals surface area contributed by atoms with Gasteiger partial charge in [-0.3, -0.25) is 14.4 Å². The number of Topliss-reactive ketones (excluding diaryl/α,β-unsaturated/α-hetero) is 1. The number of rotatable bonds is 9. The molecule has 2 aliphatic rings. The van der Waals surface area contributed by atoms with Gasteiger partial charge in [0.2, 0.25) is 11.4 Å². The Balaban J connectivity index is 1.73. The molecule has 41 heavy (non-hydrogen) atoms. The topological polar surface area (TPSA) is 94.2 Å². The van der Waals surface area contributed by atoms with Gasteiger partial charge in [0.25, 0.3) is 5.91 Å². The maximum atomic E-state index is 15.1. The highest BCUT2D eigenvalue weighted by atomic mass is 19.4. The summed E-state index contributed by atoms with van der Waals surface area (Å²) in [6, 6.07) is 11.5. The number of hydrogen-bond donors (Lipinski definition) is 1. The van der Waals surface area contributed by atoms with Gasteiger partial charge in [0.1, 0.15) is 17.2 Å². The smallest absolute Gasteiger partial charge is 0.425 e. The maximum Gasteiger partial charge on any atom is 0.425 e. The molecule has 4 rings (SSSR count). The molecule has 0 aromatic heterocycles. The van der Waals surface area contributed by atoms with Crippen LogP contribution in [0.1, 0.15) is 44.2 Å². The molecule has 2 aromatic carbocycles. The number of halogens is 3. The SMILES string of the molecule is COc1ccc(CCC(=O)N[C@@]2(C(F)(F)F)C(=O)N(Cc3cc(OC)cc(OC)c3)C3=C2C(=O)CC(C)(C)C3)cc1. The van der Waals surface area contributed by atoms with Crippen molar-refractivity contribution in [1.82, 2.24) is 10.2 Å². The Bertz CT molecular complexity index is 1360. The number of carbonyl (C=O) groups excluding carboxylic acids is 3. The first-order valence-corrected chi connectivity index (χ1v) is 13.1. The molecule has 8 nitrogen and oxygen atoms in total. The van der Waals surface area contributed by atoms with Gasteiger partial charge in [0, 0.05) is 24.6 Å². The van der Waals surface area contributed by atoms with E-state index in [1.165, 1.54) is 21.3 Å². The van der Waals surface area contributed by atoms with Crippen LogP contribution in [0.3, 0.4) is 0 Å². The molecule has 2 aromatic rings. The minimum absolute atomic E-state index is 0.0363. The minimum Gasteiger partial charge on any atom is -0.497 e. The van der Waals surface area contributed by atoms with Crippen LogP contribution in [0.25, 0.3) is 0 Å². The van der Waals surface area contributed by atoms with Gasteiger partial charge in [0.15, 0.2) is 5.78 Å². The molecule has 1 atom stereocenters. The first-order chi connectivity index (χ1) is 19.2. The highest BCUT2D eigenvalue weighted by Crippen LogP contribution is 2.52. The Labute approximate surface area is 236 Å². The molecule has 0 unspecified atom stereocenters. The van der Waals surface area contributed by atoms with Crippen molar-refractivity contribution >= 4 is 17.6 Å². The summed E-state index contributed by atoms with van der Waals surface area (Å²) in [4.78, 5) is 41.3. The lowest BCUT2D eigenvalue weighted by molar-refractivity contribution is -0.194. The van der Waals surface area contributed by atoms with E-state index in [9.17, 15) is 14.4 Å². The van der Waals surface area contributed by atoms with Gasteiger partial charge in [-0.15, -0.1) is 0 Å². The second kappa shape index (κ2) is 11.1. The molecule has 0 bridgehead atoms. The molecule has 0 spiro atoms. The van der Waals surface area contributed by atoms with Crippen molar-refractivity contribution in [2.75, 3.05) is 21.3 Å². The summed E-state index contributed by atoms with van der Waals surface area (Å²) in [7, 11) is 4.36. The molecule has 11 heteroatoms. The van der Waals surface area contributed by atoms with Gasteiger partial charge in [-0.25, -0.2) is 0 Å². The first-order valence-electron chi connectivity index (χ1n) is 13.1. The molecule has 1 aliphatic carbocycles. The number of alkyl halides is 3. The molecule has 1 aliphatic heterocycles. The maximum absolute atomic E-state index is 15.1. The zero-order valence-electron chi connectivity index (χ0n) is 23.6. The van der Waals surface area contributed by atoms with Crippen LogP contribution in [0.15, 0.2) is 53.7 Å². The summed E-state index contributed by atoms with van der Waals surface area (Å²) in [6.45, 7) is 3.23. The van der Waals surface area contributed by atoms with Gasteiger partial charge < -0.3 is 24.4 Å². The van der Waals surface area contributed by atoms with E-state index in [1.54, 1.807) is 56.3 Å². The summed E-state index contributed by atoms with van der Waals surface area (Å²) >= 11 is 0. The third-order valence-corrected chi connectivity index (χ3v) is 7.42. The number of amides is 2. The Morgan fingerprint density at radius 2 is 1.49 bits per heavy atom. The van der Waals surface area contributed by atoms with Crippen molar-refractivity contribution in [2.24, 2.45) is 5.41 Å². The Morgan fingerprint density at radius 1 is 0.902 bits per heavy atom. The third-order valence-electron chi connectivity index (χ3n) is 7.42. The highest BCUT2D eigenvalue weighted by Gasteiger charge is 2.71. The Kier molecular flexibility index (Phi) is 8.11. The van der Waals surface area contributed by atoms with Crippen molar-refractivity contribution < 1.29 is 41.8 Å². The molecule has 2 amide bonds. The van der Waals surface area contributed by atoms with E-state index in [1.807, 2.05) is 5.32 Å². The predicted octanol–water partition coefficient (Wildman–Crippen LogP) is 4.75. The number of ether oxygens (including phenoxy) is 3. The molecule has 0 saturated heterocycles. The molecule has 0 radical (unpaired) electrons. The van der Waals surface area contributed by atoms with E-state index in [0.717, 1.165) is 4.90 Å². The lowest BCUT2D eigenvalue weighted by atomic mass is 9.72. The monoisotopic (exact) mass is 574 g/mol. The van der Waals surface area contributed by atoms with Gasteiger partial charge in [-0.1, -0.05) is 26.0 Å². The fraction of sp³-hybridized carbons (Fsp3) is 0.433. The van der Waals surface area contributed by atoms with E-state index in [2.05, 4.69) is 0 Å².